The van der Waals surface area contributed by atoms with Gasteiger partial charge in [-0.3, -0.25) is 9.00 Å². The molecule has 0 fully saturated rings. The minimum Gasteiger partial charge on any atom is -0.478 e. The number of benzene rings is 2. The van der Waals surface area contributed by atoms with E-state index in [9.17, 15) is 13.8 Å². The lowest BCUT2D eigenvalue weighted by molar-refractivity contribution is -0.116. The lowest BCUT2D eigenvalue weighted by atomic mass is 10.1. The Balaban J connectivity index is 1.85. The van der Waals surface area contributed by atoms with Crippen LogP contribution >= 0.6 is 0 Å². The molecule has 0 saturated heterocycles. The zero-order valence-electron chi connectivity index (χ0n) is 15.1. The molecule has 0 aliphatic heterocycles. The minimum atomic E-state index is -1.01. The first-order valence-corrected chi connectivity index (χ1v) is 10.0. The number of carbonyl (C=O) groups excluding carboxylic acids is 1. The van der Waals surface area contributed by atoms with Gasteiger partial charge in [-0.15, -0.1) is 0 Å². The largest absolute Gasteiger partial charge is 0.478 e. The summed E-state index contributed by atoms with van der Waals surface area (Å²) in [5, 5.41) is 11.7. The topological polar surface area (TPSA) is 92.7 Å². The van der Waals surface area contributed by atoms with Crippen LogP contribution in [0.1, 0.15) is 27.9 Å². The van der Waals surface area contributed by atoms with E-state index in [4.69, 9.17) is 9.84 Å². The second kappa shape index (κ2) is 10.6. The van der Waals surface area contributed by atoms with Crippen LogP contribution in [0.15, 0.2) is 48.5 Å². The van der Waals surface area contributed by atoms with Crippen LogP contribution in [0.4, 0.5) is 5.69 Å². The molecule has 1 atom stereocenters. The smallest absolute Gasteiger partial charge is 0.335 e. The molecule has 2 aromatic carbocycles. The Bertz CT molecular complexity index is 804. The number of hydrogen-bond acceptors (Lipinski definition) is 4. The van der Waals surface area contributed by atoms with E-state index in [1.54, 1.807) is 25.3 Å². The molecule has 0 spiro atoms. The number of aromatic carboxylic acids is 1. The zero-order valence-corrected chi connectivity index (χ0v) is 16.0. The summed E-state index contributed by atoms with van der Waals surface area (Å²) in [5.41, 5.74) is 2.69. The van der Waals surface area contributed by atoms with Gasteiger partial charge in [0, 0.05) is 41.5 Å². The van der Waals surface area contributed by atoms with Crippen molar-refractivity contribution in [1.29, 1.82) is 0 Å². The van der Waals surface area contributed by atoms with Crippen LogP contribution in [0.3, 0.4) is 0 Å². The van der Waals surface area contributed by atoms with Crippen LogP contribution < -0.4 is 5.32 Å². The quantitative estimate of drug-likeness (QED) is 0.652. The van der Waals surface area contributed by atoms with E-state index in [0.29, 0.717) is 30.2 Å². The van der Waals surface area contributed by atoms with Crippen LogP contribution in [0.2, 0.25) is 0 Å². The van der Waals surface area contributed by atoms with Crippen LogP contribution in [-0.4, -0.2) is 40.7 Å². The van der Waals surface area contributed by atoms with Crippen molar-refractivity contribution in [3.63, 3.8) is 0 Å². The van der Waals surface area contributed by atoms with Gasteiger partial charge in [0.2, 0.25) is 5.91 Å². The molecule has 0 saturated carbocycles. The van der Waals surface area contributed by atoms with Crippen molar-refractivity contribution in [3.05, 3.63) is 65.2 Å². The highest BCUT2D eigenvalue weighted by Crippen LogP contribution is 2.14. The molecule has 0 bridgehead atoms. The molecule has 2 aromatic rings. The molecule has 6 nitrogen and oxygen atoms in total. The van der Waals surface area contributed by atoms with Gasteiger partial charge in [0.05, 0.1) is 12.2 Å². The maximum Gasteiger partial charge on any atom is 0.335 e. The summed E-state index contributed by atoms with van der Waals surface area (Å²) < 4.78 is 16.9. The maximum atomic E-state index is 12.2. The number of aryl methyl sites for hydroxylation is 1. The number of hydrogen-bond donors (Lipinski definition) is 2. The molecule has 2 N–H and O–H groups in total. The van der Waals surface area contributed by atoms with E-state index < -0.39 is 16.8 Å². The van der Waals surface area contributed by atoms with Crippen LogP contribution in [0.5, 0.6) is 0 Å². The number of ether oxygens (including phenoxy) is 1. The summed E-state index contributed by atoms with van der Waals surface area (Å²) in [4.78, 5) is 23.0. The lowest BCUT2D eigenvalue weighted by Crippen LogP contribution is -2.13. The van der Waals surface area contributed by atoms with Gasteiger partial charge in [-0.2, -0.15) is 0 Å². The highest BCUT2D eigenvalue weighted by atomic mass is 32.2. The summed E-state index contributed by atoms with van der Waals surface area (Å²) >= 11 is 0. The second-order valence-corrected chi connectivity index (χ2v) is 7.61. The normalized spacial score (nSPS) is 11.7. The third-order valence-electron chi connectivity index (χ3n) is 3.90. The van der Waals surface area contributed by atoms with E-state index >= 15 is 0 Å². The number of carboxylic acids is 1. The predicted octanol–water partition coefficient (Wildman–Crippen LogP) is 2.85. The van der Waals surface area contributed by atoms with Crippen molar-refractivity contribution in [2.75, 3.05) is 24.8 Å². The number of carboxylic acid groups (broad SMARTS) is 1. The number of amides is 1. The lowest BCUT2D eigenvalue weighted by Gasteiger charge is -2.08. The number of methoxy groups -OCH3 is 1. The van der Waals surface area contributed by atoms with Gasteiger partial charge in [-0.05, 0) is 41.8 Å². The van der Waals surface area contributed by atoms with Crippen molar-refractivity contribution in [2.24, 2.45) is 0 Å². The summed E-state index contributed by atoms with van der Waals surface area (Å²) in [6.07, 6.45) is 0.808. The summed E-state index contributed by atoms with van der Waals surface area (Å²) in [5.74, 6) is -0.200. The van der Waals surface area contributed by atoms with Crippen LogP contribution in [-0.2, 0) is 32.5 Å². The molecule has 0 aliphatic carbocycles. The summed E-state index contributed by atoms with van der Waals surface area (Å²) in [6.45, 7) is 0.455. The SMILES string of the molecule is COCCS(=O)Cc1cccc(NC(=O)CCc2ccc(C(=O)O)cc2)c1. The van der Waals surface area contributed by atoms with Gasteiger partial charge in [0.25, 0.3) is 0 Å². The number of rotatable bonds is 10. The Morgan fingerprint density at radius 3 is 2.52 bits per heavy atom. The first-order chi connectivity index (χ1) is 13.0. The third kappa shape index (κ3) is 7.32. The van der Waals surface area contributed by atoms with Gasteiger partial charge in [0.1, 0.15) is 0 Å². The Morgan fingerprint density at radius 1 is 1.11 bits per heavy atom. The van der Waals surface area contributed by atoms with Gasteiger partial charge in [-0.25, -0.2) is 4.79 Å². The van der Waals surface area contributed by atoms with Gasteiger partial charge in [-0.1, -0.05) is 24.3 Å². The van der Waals surface area contributed by atoms with Crippen molar-refractivity contribution in [1.82, 2.24) is 0 Å². The van der Waals surface area contributed by atoms with Crippen LogP contribution in [0, 0.1) is 0 Å². The fourth-order valence-electron chi connectivity index (χ4n) is 2.47. The average Bonchev–Trinajstić information content (AvgIpc) is 2.65. The first-order valence-electron chi connectivity index (χ1n) is 8.53. The molecule has 0 aromatic heterocycles. The van der Waals surface area contributed by atoms with Crippen LogP contribution in [0.25, 0.3) is 0 Å². The van der Waals surface area contributed by atoms with Gasteiger partial charge < -0.3 is 15.2 Å². The van der Waals surface area contributed by atoms with E-state index in [-0.39, 0.29) is 17.9 Å². The van der Waals surface area contributed by atoms with E-state index in [1.165, 1.54) is 12.1 Å². The van der Waals surface area contributed by atoms with Gasteiger partial charge >= 0.3 is 5.97 Å². The average molecular weight is 389 g/mol. The predicted molar refractivity (Wildman–Crippen MR) is 105 cm³/mol. The Hall–Kier alpha value is -2.51. The minimum absolute atomic E-state index is 0.130. The van der Waals surface area contributed by atoms with Crippen molar-refractivity contribution in [3.8, 4) is 0 Å². The molecule has 0 aliphatic rings. The monoisotopic (exact) mass is 389 g/mol. The fraction of sp³-hybridized carbons (Fsp3) is 0.300. The third-order valence-corrected chi connectivity index (χ3v) is 5.17. The molecule has 27 heavy (non-hydrogen) atoms. The number of nitrogens with one attached hydrogen (secondary N) is 1. The van der Waals surface area contributed by atoms with Crippen molar-refractivity contribution in [2.45, 2.75) is 18.6 Å². The molecule has 0 radical (unpaired) electrons. The molecule has 0 heterocycles. The van der Waals surface area contributed by atoms with E-state index in [1.807, 2.05) is 18.2 Å². The van der Waals surface area contributed by atoms with Crippen molar-refractivity contribution >= 4 is 28.4 Å². The van der Waals surface area contributed by atoms with Gasteiger partial charge in [0.15, 0.2) is 0 Å². The molecular formula is C20H23NO5S. The molecule has 7 heteroatoms. The highest BCUT2D eigenvalue weighted by Gasteiger charge is 2.07. The number of carbonyl (C=O) groups is 2. The molecule has 2 rings (SSSR count). The maximum absolute atomic E-state index is 12.2. The fourth-order valence-corrected chi connectivity index (χ4v) is 3.52. The number of anilines is 1. The molecular weight excluding hydrogens is 366 g/mol. The standard InChI is InChI=1S/C20H23NO5S/c1-26-11-12-27(25)14-16-3-2-4-18(13-16)21-19(22)10-7-15-5-8-17(9-6-15)20(23)24/h2-6,8-9,13H,7,10-12,14H2,1H3,(H,21,22)(H,23,24). The Morgan fingerprint density at radius 2 is 1.85 bits per heavy atom. The Kier molecular flexibility index (Phi) is 8.16. The summed E-state index contributed by atoms with van der Waals surface area (Å²) in [7, 11) is 0.572. The molecule has 1 amide bonds. The second-order valence-electron chi connectivity index (χ2n) is 6.03. The Labute approximate surface area is 161 Å². The van der Waals surface area contributed by atoms with E-state index in [2.05, 4.69) is 5.32 Å². The molecule has 144 valence electrons. The van der Waals surface area contributed by atoms with E-state index in [0.717, 1.165) is 11.1 Å². The first kappa shape index (κ1) is 20.8. The molecule has 1 unspecified atom stereocenters. The zero-order chi connectivity index (χ0) is 19.6. The summed E-state index contributed by atoms with van der Waals surface area (Å²) in [6, 6.07) is 13.8. The highest BCUT2D eigenvalue weighted by molar-refractivity contribution is 7.84. The van der Waals surface area contributed by atoms with Crippen molar-refractivity contribution < 1.29 is 23.6 Å².